The van der Waals surface area contributed by atoms with E-state index in [1.54, 1.807) is 0 Å². The zero-order valence-electron chi connectivity index (χ0n) is 7.80. The number of hydrogen-bond acceptors (Lipinski definition) is 6. The fourth-order valence-electron chi connectivity index (χ4n) is 0.707. The van der Waals surface area contributed by atoms with Gasteiger partial charge in [0, 0.05) is 13.0 Å². The number of aliphatic hydroxyl groups excluding tert-OH is 4. The summed E-state index contributed by atoms with van der Waals surface area (Å²) in [6.45, 7) is -1.04. The lowest BCUT2D eigenvalue weighted by Crippen LogP contribution is -2.34. The Morgan fingerprint density at radius 3 is 2.36 bits per heavy atom. The molecule has 0 rings (SSSR count). The van der Waals surface area contributed by atoms with Crippen molar-refractivity contribution < 1.29 is 30.0 Å². The lowest BCUT2D eigenvalue weighted by atomic mass is 10.2. The fourth-order valence-corrected chi connectivity index (χ4v) is 0.707. The number of rotatable bonds is 7. The van der Waals surface area contributed by atoms with Crippen molar-refractivity contribution in [2.45, 2.75) is 25.0 Å². The van der Waals surface area contributed by atoms with Crippen molar-refractivity contribution in [3.63, 3.8) is 0 Å². The number of aliphatic hydroxyl groups is 4. The van der Waals surface area contributed by atoms with Crippen molar-refractivity contribution in [3.8, 4) is 0 Å². The maximum atomic E-state index is 10.8. The van der Waals surface area contributed by atoms with E-state index in [0.29, 0.717) is 6.42 Å². The zero-order chi connectivity index (χ0) is 11.0. The molecule has 0 amide bonds. The summed E-state index contributed by atoms with van der Waals surface area (Å²) in [7, 11) is 0. The maximum absolute atomic E-state index is 10.8. The Balaban J connectivity index is 3.55. The molecule has 0 radical (unpaired) electrons. The summed E-state index contributed by atoms with van der Waals surface area (Å²) in [4.78, 5) is 10.8. The first-order chi connectivity index (χ1) is 6.61. The van der Waals surface area contributed by atoms with Gasteiger partial charge in [0.15, 0.2) is 0 Å². The van der Waals surface area contributed by atoms with E-state index in [2.05, 4.69) is 4.74 Å². The van der Waals surface area contributed by atoms with Gasteiger partial charge in [0.2, 0.25) is 0 Å². The van der Waals surface area contributed by atoms with Gasteiger partial charge < -0.3 is 25.2 Å². The van der Waals surface area contributed by atoms with Crippen molar-refractivity contribution in [3.05, 3.63) is 0 Å². The summed E-state index contributed by atoms with van der Waals surface area (Å²) >= 11 is 0. The quantitative estimate of drug-likeness (QED) is 0.361. The molecule has 14 heavy (non-hydrogen) atoms. The van der Waals surface area contributed by atoms with Crippen LogP contribution < -0.4 is 0 Å². The molecule has 6 nitrogen and oxygen atoms in total. The molecule has 0 aromatic heterocycles. The minimum Gasteiger partial charge on any atom is -0.463 e. The molecule has 0 saturated carbocycles. The van der Waals surface area contributed by atoms with Gasteiger partial charge in [0.1, 0.15) is 18.8 Å². The summed E-state index contributed by atoms with van der Waals surface area (Å²) in [5.41, 5.74) is 0. The maximum Gasteiger partial charge on any atom is 0.305 e. The van der Waals surface area contributed by atoms with E-state index in [4.69, 9.17) is 20.4 Å². The van der Waals surface area contributed by atoms with Gasteiger partial charge in [-0.2, -0.15) is 0 Å². The van der Waals surface area contributed by atoms with E-state index in [1.807, 2.05) is 0 Å². The number of carbonyl (C=O) groups is 1. The highest BCUT2D eigenvalue weighted by atomic mass is 16.5. The molecule has 0 aromatic carbocycles. The molecule has 0 aliphatic heterocycles. The number of carbonyl (C=O) groups excluding carboxylic acids is 1. The van der Waals surface area contributed by atoms with Gasteiger partial charge in [-0.15, -0.1) is 0 Å². The number of ether oxygens (including phenoxy) is 1. The topological polar surface area (TPSA) is 107 Å². The molecule has 2 atom stereocenters. The number of hydrogen-bond donors (Lipinski definition) is 4. The summed E-state index contributed by atoms with van der Waals surface area (Å²) < 4.78 is 4.56. The normalized spacial score (nSPS) is 14.9. The SMILES string of the molecule is O=C(CCCO)OC[C@H](O)[C@H](O)CO. The molecule has 84 valence electrons. The second-order valence-corrected chi connectivity index (χ2v) is 2.83. The molecular formula is C8H16O6. The molecule has 6 heteroatoms. The summed E-state index contributed by atoms with van der Waals surface area (Å²) in [6, 6.07) is 0. The van der Waals surface area contributed by atoms with Crippen LogP contribution in [0.15, 0.2) is 0 Å². The van der Waals surface area contributed by atoms with Crippen LogP contribution in [-0.4, -0.2) is 58.4 Å². The second kappa shape index (κ2) is 7.69. The van der Waals surface area contributed by atoms with Crippen LogP contribution in [0.1, 0.15) is 12.8 Å². The highest BCUT2D eigenvalue weighted by Gasteiger charge is 2.16. The fraction of sp³-hybridized carbons (Fsp3) is 0.875. The molecular weight excluding hydrogens is 192 g/mol. The molecule has 0 aromatic rings. The van der Waals surface area contributed by atoms with E-state index in [-0.39, 0.29) is 19.6 Å². The van der Waals surface area contributed by atoms with Crippen LogP contribution in [0.3, 0.4) is 0 Å². The molecule has 0 fully saturated rings. The predicted octanol–water partition coefficient (Wildman–Crippen LogP) is -1.98. The average molecular weight is 208 g/mol. The van der Waals surface area contributed by atoms with Crippen molar-refractivity contribution in [2.24, 2.45) is 0 Å². The Morgan fingerprint density at radius 2 is 1.86 bits per heavy atom. The van der Waals surface area contributed by atoms with Gasteiger partial charge in [-0.3, -0.25) is 4.79 Å². The first kappa shape index (κ1) is 13.3. The van der Waals surface area contributed by atoms with E-state index < -0.39 is 24.8 Å². The van der Waals surface area contributed by atoms with Gasteiger partial charge in [0.05, 0.1) is 6.61 Å². The largest absolute Gasteiger partial charge is 0.463 e. The average Bonchev–Trinajstić information content (AvgIpc) is 2.21. The third kappa shape index (κ3) is 5.87. The van der Waals surface area contributed by atoms with Gasteiger partial charge in [-0.25, -0.2) is 0 Å². The van der Waals surface area contributed by atoms with Crippen LogP contribution >= 0.6 is 0 Å². The molecule has 0 bridgehead atoms. The van der Waals surface area contributed by atoms with Crippen LogP contribution in [0.2, 0.25) is 0 Å². The van der Waals surface area contributed by atoms with E-state index >= 15 is 0 Å². The van der Waals surface area contributed by atoms with Gasteiger partial charge in [0.25, 0.3) is 0 Å². The van der Waals surface area contributed by atoms with E-state index in [9.17, 15) is 4.79 Å². The van der Waals surface area contributed by atoms with Crippen LogP contribution in [0, 0.1) is 0 Å². The van der Waals surface area contributed by atoms with Crippen molar-refractivity contribution in [1.29, 1.82) is 0 Å². The Labute approximate surface area is 81.7 Å². The van der Waals surface area contributed by atoms with E-state index in [1.165, 1.54) is 0 Å². The van der Waals surface area contributed by atoms with Crippen molar-refractivity contribution in [2.75, 3.05) is 19.8 Å². The highest BCUT2D eigenvalue weighted by molar-refractivity contribution is 5.69. The molecule has 0 heterocycles. The van der Waals surface area contributed by atoms with Crippen LogP contribution in [0.25, 0.3) is 0 Å². The Kier molecular flexibility index (Phi) is 7.31. The minimum absolute atomic E-state index is 0.0679. The number of esters is 1. The van der Waals surface area contributed by atoms with Gasteiger partial charge in [-0.1, -0.05) is 0 Å². The van der Waals surface area contributed by atoms with Crippen molar-refractivity contribution >= 4 is 5.97 Å². The predicted molar refractivity (Wildman–Crippen MR) is 46.4 cm³/mol. The zero-order valence-corrected chi connectivity index (χ0v) is 7.80. The highest BCUT2D eigenvalue weighted by Crippen LogP contribution is 1.97. The Bertz CT molecular complexity index is 160. The third-order valence-electron chi connectivity index (χ3n) is 1.59. The minimum atomic E-state index is -1.30. The smallest absolute Gasteiger partial charge is 0.305 e. The molecule has 0 saturated heterocycles. The molecule has 4 N–H and O–H groups in total. The third-order valence-corrected chi connectivity index (χ3v) is 1.59. The van der Waals surface area contributed by atoms with Gasteiger partial charge in [-0.05, 0) is 6.42 Å². The summed E-state index contributed by atoms with van der Waals surface area (Å²) in [5, 5.41) is 34.8. The first-order valence-corrected chi connectivity index (χ1v) is 4.35. The van der Waals surface area contributed by atoms with Gasteiger partial charge >= 0.3 is 5.97 Å². The monoisotopic (exact) mass is 208 g/mol. The lowest BCUT2D eigenvalue weighted by molar-refractivity contribution is -0.150. The Morgan fingerprint density at radius 1 is 1.21 bits per heavy atom. The lowest BCUT2D eigenvalue weighted by Gasteiger charge is -2.15. The standard InChI is InChI=1S/C8H16O6/c9-3-1-2-8(13)14-5-7(12)6(11)4-10/h6-7,9-12H,1-5H2/t6-,7+/m1/s1. The second-order valence-electron chi connectivity index (χ2n) is 2.83. The van der Waals surface area contributed by atoms with Crippen molar-refractivity contribution in [1.82, 2.24) is 0 Å². The summed E-state index contributed by atoms with van der Waals surface area (Å²) in [6.07, 6.45) is -2.21. The first-order valence-electron chi connectivity index (χ1n) is 4.35. The molecule has 0 aliphatic rings. The molecule has 0 aliphatic carbocycles. The van der Waals surface area contributed by atoms with Crippen LogP contribution in [0.4, 0.5) is 0 Å². The molecule has 0 spiro atoms. The van der Waals surface area contributed by atoms with Crippen LogP contribution in [0.5, 0.6) is 0 Å². The Hall–Kier alpha value is -0.690. The van der Waals surface area contributed by atoms with Crippen LogP contribution in [-0.2, 0) is 9.53 Å². The van der Waals surface area contributed by atoms with E-state index in [0.717, 1.165) is 0 Å². The summed E-state index contributed by atoms with van der Waals surface area (Å²) in [5.74, 6) is -0.553. The molecule has 0 unspecified atom stereocenters.